The maximum absolute atomic E-state index is 12.2. The van der Waals surface area contributed by atoms with Crippen LogP contribution in [0.5, 0.6) is 5.75 Å². The summed E-state index contributed by atoms with van der Waals surface area (Å²) in [5.74, 6) is 1.06. The van der Waals surface area contributed by atoms with E-state index in [1.54, 1.807) is 4.90 Å². The van der Waals surface area contributed by atoms with Crippen molar-refractivity contribution in [3.05, 3.63) is 41.7 Å². The Hall–Kier alpha value is -2.54. The zero-order valence-corrected chi connectivity index (χ0v) is 16.4. The number of hydrogen-bond acceptors (Lipinski definition) is 4. The van der Waals surface area contributed by atoms with Crippen molar-refractivity contribution in [2.24, 2.45) is 0 Å². The molecule has 0 N–H and O–H groups in total. The minimum absolute atomic E-state index is 0.0624. The fraction of sp³-hybridized carbons (Fsp3) is 0.524. The third-order valence-electron chi connectivity index (χ3n) is 6.21. The van der Waals surface area contributed by atoms with Gasteiger partial charge in [0.25, 0.3) is 0 Å². The topological polar surface area (TPSA) is 53.8 Å². The zero-order valence-electron chi connectivity index (χ0n) is 16.4. The Kier molecular flexibility index (Phi) is 4.47. The first kappa shape index (κ1) is 17.6. The van der Waals surface area contributed by atoms with E-state index < -0.39 is 0 Å². The van der Waals surface area contributed by atoms with Gasteiger partial charge in [0.1, 0.15) is 5.75 Å². The Morgan fingerprint density at radius 3 is 3.04 bits per heavy atom. The molecule has 0 radical (unpaired) electrons. The molecule has 3 aliphatic rings. The number of likely N-dealkylation sites (N-methyl/N-ethyl adjacent to an activating group) is 1. The van der Waals surface area contributed by atoms with E-state index in [0.717, 1.165) is 70.0 Å². The van der Waals surface area contributed by atoms with Gasteiger partial charge in [-0.2, -0.15) is 5.10 Å². The molecule has 2 amide bonds. The number of ether oxygens (including phenoxy) is 1. The van der Waals surface area contributed by atoms with Crippen molar-refractivity contribution in [3.63, 3.8) is 0 Å². The van der Waals surface area contributed by atoms with Gasteiger partial charge in [0.05, 0.1) is 24.5 Å². The summed E-state index contributed by atoms with van der Waals surface area (Å²) in [6.07, 6.45) is 7.07. The molecule has 0 spiro atoms. The van der Waals surface area contributed by atoms with Crippen LogP contribution in [0.4, 0.5) is 10.5 Å². The van der Waals surface area contributed by atoms with Gasteiger partial charge in [-0.05, 0) is 30.0 Å². The molecule has 5 rings (SSSR count). The zero-order chi connectivity index (χ0) is 19.1. The summed E-state index contributed by atoms with van der Waals surface area (Å²) >= 11 is 0. The van der Waals surface area contributed by atoms with Crippen molar-refractivity contribution in [1.82, 2.24) is 19.6 Å². The molecule has 28 heavy (non-hydrogen) atoms. The van der Waals surface area contributed by atoms with Crippen molar-refractivity contribution >= 4 is 11.7 Å². The SMILES string of the molecule is CN1CCN(c2cnn(C3CCN(CCc4ccc5c(c4)CCO5)C3)c2)C1=O. The molecule has 0 bridgehead atoms. The molecule has 0 saturated carbocycles. The van der Waals surface area contributed by atoms with E-state index in [0.29, 0.717) is 6.04 Å². The predicted octanol–water partition coefficient (Wildman–Crippen LogP) is 2.18. The molecule has 0 aliphatic carbocycles. The Balaban J connectivity index is 1.17. The first-order valence-electron chi connectivity index (χ1n) is 10.2. The molecule has 7 nitrogen and oxygen atoms in total. The number of urea groups is 1. The lowest BCUT2D eigenvalue weighted by Gasteiger charge is -2.17. The van der Waals surface area contributed by atoms with E-state index in [1.807, 2.05) is 29.0 Å². The van der Waals surface area contributed by atoms with Crippen LogP contribution < -0.4 is 9.64 Å². The van der Waals surface area contributed by atoms with Crippen LogP contribution in [0.3, 0.4) is 0 Å². The lowest BCUT2D eigenvalue weighted by Crippen LogP contribution is -2.28. The second-order valence-corrected chi connectivity index (χ2v) is 8.07. The number of nitrogens with zero attached hydrogens (tertiary/aromatic N) is 5. The van der Waals surface area contributed by atoms with Gasteiger partial charge in [-0.3, -0.25) is 9.58 Å². The third kappa shape index (κ3) is 3.24. The highest BCUT2D eigenvalue weighted by molar-refractivity contribution is 5.93. The van der Waals surface area contributed by atoms with Gasteiger partial charge in [-0.1, -0.05) is 12.1 Å². The lowest BCUT2D eigenvalue weighted by atomic mass is 10.1. The normalized spacial score (nSPS) is 22.2. The minimum Gasteiger partial charge on any atom is -0.493 e. The second kappa shape index (κ2) is 7.13. The summed E-state index contributed by atoms with van der Waals surface area (Å²) in [6.45, 7) is 5.51. The van der Waals surface area contributed by atoms with Crippen LogP contribution in [0.15, 0.2) is 30.6 Å². The molecule has 2 saturated heterocycles. The third-order valence-corrected chi connectivity index (χ3v) is 6.21. The standard InChI is InChI=1S/C21H27N5O2/c1-23-9-10-25(21(23)27)19-13-22-26(15-19)18-5-8-24(14-18)7-4-16-2-3-20-17(12-16)6-11-28-20/h2-3,12-13,15,18H,4-11,14H2,1H3. The average molecular weight is 381 g/mol. The summed E-state index contributed by atoms with van der Waals surface area (Å²) in [5, 5.41) is 4.56. The first-order chi connectivity index (χ1) is 13.7. The summed E-state index contributed by atoms with van der Waals surface area (Å²) in [5.41, 5.74) is 3.65. The average Bonchev–Trinajstić information content (AvgIpc) is 3.48. The smallest absolute Gasteiger partial charge is 0.324 e. The van der Waals surface area contributed by atoms with Gasteiger partial charge >= 0.3 is 6.03 Å². The highest BCUT2D eigenvalue weighted by Crippen LogP contribution is 2.27. The Bertz CT molecular complexity index is 879. The minimum atomic E-state index is 0.0624. The predicted molar refractivity (Wildman–Crippen MR) is 107 cm³/mol. The number of fused-ring (bicyclic) bond motifs is 1. The number of anilines is 1. The molecular formula is C21H27N5O2. The van der Waals surface area contributed by atoms with Crippen LogP contribution >= 0.6 is 0 Å². The number of hydrogen-bond donors (Lipinski definition) is 0. The molecule has 2 aromatic rings. The van der Waals surface area contributed by atoms with Crippen LogP contribution in [0.2, 0.25) is 0 Å². The molecule has 7 heteroatoms. The van der Waals surface area contributed by atoms with E-state index in [4.69, 9.17) is 4.74 Å². The van der Waals surface area contributed by atoms with Crippen molar-refractivity contribution in [1.29, 1.82) is 0 Å². The maximum Gasteiger partial charge on any atom is 0.324 e. The summed E-state index contributed by atoms with van der Waals surface area (Å²) < 4.78 is 7.65. The molecule has 1 aromatic heterocycles. The van der Waals surface area contributed by atoms with Crippen molar-refractivity contribution < 1.29 is 9.53 Å². The molecule has 1 aromatic carbocycles. The fourth-order valence-corrected chi connectivity index (χ4v) is 4.47. The number of aromatic nitrogens is 2. The van der Waals surface area contributed by atoms with Crippen LogP contribution in [-0.4, -0.2) is 72.0 Å². The summed E-state index contributed by atoms with van der Waals surface area (Å²) in [6, 6.07) is 7.07. The number of carbonyl (C=O) groups excluding carboxylic acids is 1. The van der Waals surface area contributed by atoms with Gasteiger partial charge < -0.3 is 14.5 Å². The molecule has 1 unspecified atom stereocenters. The number of likely N-dealkylation sites (tertiary alicyclic amines) is 1. The number of carbonyl (C=O) groups is 1. The molecule has 4 heterocycles. The van der Waals surface area contributed by atoms with Crippen LogP contribution in [0, 0.1) is 0 Å². The lowest BCUT2D eigenvalue weighted by molar-refractivity contribution is 0.229. The highest BCUT2D eigenvalue weighted by atomic mass is 16.5. The van der Waals surface area contributed by atoms with Crippen molar-refractivity contribution in [2.75, 3.05) is 51.3 Å². The van der Waals surface area contributed by atoms with Gasteiger partial charge in [-0.25, -0.2) is 4.79 Å². The van der Waals surface area contributed by atoms with E-state index in [9.17, 15) is 4.79 Å². The monoisotopic (exact) mass is 381 g/mol. The quantitative estimate of drug-likeness (QED) is 0.797. The van der Waals surface area contributed by atoms with Gasteiger partial charge in [0.2, 0.25) is 0 Å². The van der Waals surface area contributed by atoms with Crippen LogP contribution in [-0.2, 0) is 12.8 Å². The summed E-state index contributed by atoms with van der Waals surface area (Å²) in [7, 11) is 1.84. The number of amides is 2. The number of benzene rings is 1. The first-order valence-corrected chi connectivity index (χ1v) is 10.2. The highest BCUT2D eigenvalue weighted by Gasteiger charge is 2.29. The van der Waals surface area contributed by atoms with Crippen molar-refractivity contribution in [3.8, 4) is 5.75 Å². The maximum atomic E-state index is 12.2. The number of rotatable bonds is 5. The van der Waals surface area contributed by atoms with Gasteiger partial charge in [0, 0.05) is 52.4 Å². The van der Waals surface area contributed by atoms with Crippen LogP contribution in [0.1, 0.15) is 23.6 Å². The molecule has 148 valence electrons. The second-order valence-electron chi connectivity index (χ2n) is 8.07. The molecule has 2 fully saturated rings. The van der Waals surface area contributed by atoms with E-state index in [2.05, 4.69) is 28.2 Å². The Morgan fingerprint density at radius 1 is 1.25 bits per heavy atom. The van der Waals surface area contributed by atoms with E-state index >= 15 is 0 Å². The van der Waals surface area contributed by atoms with E-state index in [-0.39, 0.29) is 6.03 Å². The van der Waals surface area contributed by atoms with Crippen molar-refractivity contribution in [2.45, 2.75) is 25.3 Å². The molecule has 1 atom stereocenters. The Labute approximate surface area is 165 Å². The molecular weight excluding hydrogens is 354 g/mol. The fourth-order valence-electron chi connectivity index (χ4n) is 4.47. The molecule has 3 aliphatic heterocycles. The van der Waals surface area contributed by atoms with E-state index in [1.165, 1.54) is 11.1 Å². The largest absolute Gasteiger partial charge is 0.493 e. The Morgan fingerprint density at radius 2 is 2.18 bits per heavy atom. The van der Waals surface area contributed by atoms with Gasteiger partial charge in [-0.15, -0.1) is 0 Å². The summed E-state index contributed by atoms with van der Waals surface area (Å²) in [4.78, 5) is 18.3. The van der Waals surface area contributed by atoms with Gasteiger partial charge in [0.15, 0.2) is 0 Å². The van der Waals surface area contributed by atoms with Crippen LogP contribution in [0.25, 0.3) is 0 Å².